The van der Waals surface area contributed by atoms with Crippen molar-refractivity contribution in [2.45, 2.75) is 45.6 Å². The van der Waals surface area contributed by atoms with Gasteiger partial charge < -0.3 is 10.5 Å². The molecule has 0 radical (unpaired) electrons. The standard InChI is InChI=1S/C22H25N3O3S/c1-13-3-8-16-17(11-13)29-21-20(16)22(27)25(10-9-18(23)26)19(24-21)12-14-4-6-15(28-2)7-5-14/h4-7,13H,3,8-12H2,1-2H3,(H2,23,26). The minimum atomic E-state index is -0.423. The van der Waals surface area contributed by atoms with Gasteiger partial charge in [-0.25, -0.2) is 4.98 Å². The van der Waals surface area contributed by atoms with Crippen LogP contribution in [0.4, 0.5) is 0 Å². The molecule has 7 heteroatoms. The lowest BCUT2D eigenvalue weighted by molar-refractivity contribution is -0.118. The minimum absolute atomic E-state index is 0.0492. The molecule has 4 rings (SSSR count). The van der Waals surface area contributed by atoms with Gasteiger partial charge in [0.2, 0.25) is 5.91 Å². The summed E-state index contributed by atoms with van der Waals surface area (Å²) in [4.78, 5) is 31.8. The predicted molar refractivity (Wildman–Crippen MR) is 115 cm³/mol. The molecule has 1 aliphatic rings. The van der Waals surface area contributed by atoms with Crippen molar-refractivity contribution in [3.05, 3.63) is 56.4 Å². The third-order valence-corrected chi connectivity index (χ3v) is 6.75. The van der Waals surface area contributed by atoms with Crippen LogP contribution in [0.3, 0.4) is 0 Å². The van der Waals surface area contributed by atoms with Crippen molar-refractivity contribution in [2.24, 2.45) is 11.7 Å². The zero-order valence-corrected chi connectivity index (χ0v) is 17.6. The van der Waals surface area contributed by atoms with Gasteiger partial charge in [-0.05, 0) is 48.4 Å². The smallest absolute Gasteiger partial charge is 0.262 e. The Bertz CT molecular complexity index is 1120. The molecule has 0 spiro atoms. The van der Waals surface area contributed by atoms with Gasteiger partial charge in [0.25, 0.3) is 5.56 Å². The average molecular weight is 412 g/mol. The summed E-state index contributed by atoms with van der Waals surface area (Å²) in [6.07, 6.45) is 3.64. The van der Waals surface area contributed by atoms with Crippen molar-refractivity contribution < 1.29 is 9.53 Å². The number of amides is 1. The largest absolute Gasteiger partial charge is 0.497 e. The van der Waals surface area contributed by atoms with Gasteiger partial charge in [0, 0.05) is 24.3 Å². The Hall–Kier alpha value is -2.67. The van der Waals surface area contributed by atoms with E-state index in [0.29, 0.717) is 18.2 Å². The van der Waals surface area contributed by atoms with Gasteiger partial charge in [0.05, 0.1) is 12.5 Å². The Morgan fingerprint density at radius 1 is 1.34 bits per heavy atom. The van der Waals surface area contributed by atoms with Crippen LogP contribution in [0.1, 0.15) is 41.6 Å². The second-order valence-electron chi connectivity index (χ2n) is 7.76. The lowest BCUT2D eigenvalue weighted by atomic mass is 9.89. The molecule has 0 aliphatic heterocycles. The summed E-state index contributed by atoms with van der Waals surface area (Å²) in [5.41, 5.74) is 7.49. The van der Waals surface area contributed by atoms with Gasteiger partial charge in [0.15, 0.2) is 0 Å². The third kappa shape index (κ3) is 3.92. The molecule has 0 bridgehead atoms. The van der Waals surface area contributed by atoms with Crippen molar-refractivity contribution in [2.75, 3.05) is 7.11 Å². The first-order chi connectivity index (χ1) is 14.0. The van der Waals surface area contributed by atoms with E-state index in [1.54, 1.807) is 23.0 Å². The second-order valence-corrected chi connectivity index (χ2v) is 8.84. The maximum absolute atomic E-state index is 13.4. The van der Waals surface area contributed by atoms with Gasteiger partial charge in [0.1, 0.15) is 16.4 Å². The number of thiophene rings is 1. The molecular formula is C22H25N3O3S. The summed E-state index contributed by atoms with van der Waals surface area (Å²) < 4.78 is 6.86. The Morgan fingerprint density at radius 3 is 2.79 bits per heavy atom. The lowest BCUT2D eigenvalue weighted by Gasteiger charge is -2.18. The number of carbonyl (C=O) groups is 1. The van der Waals surface area contributed by atoms with Crippen LogP contribution in [0, 0.1) is 5.92 Å². The normalized spacial score (nSPS) is 16.0. The number of aromatic nitrogens is 2. The first kappa shape index (κ1) is 19.6. The average Bonchev–Trinajstić information content (AvgIpc) is 3.05. The Labute approximate surface area is 173 Å². The lowest BCUT2D eigenvalue weighted by Crippen LogP contribution is -2.28. The van der Waals surface area contributed by atoms with E-state index in [-0.39, 0.29) is 18.5 Å². The van der Waals surface area contributed by atoms with E-state index in [1.165, 1.54) is 4.88 Å². The van der Waals surface area contributed by atoms with E-state index in [4.69, 9.17) is 15.5 Å². The third-order valence-electron chi connectivity index (χ3n) is 5.60. The number of nitrogens with zero attached hydrogens (tertiary/aromatic N) is 2. The second kappa shape index (κ2) is 7.99. The number of carbonyl (C=O) groups excluding carboxylic acids is 1. The molecule has 1 unspecified atom stereocenters. The maximum atomic E-state index is 13.4. The fourth-order valence-electron chi connectivity index (χ4n) is 3.98. The molecule has 0 saturated heterocycles. The van der Waals surface area contributed by atoms with Crippen LogP contribution in [0.2, 0.25) is 0 Å². The fourth-order valence-corrected chi connectivity index (χ4v) is 5.37. The van der Waals surface area contributed by atoms with Crippen LogP contribution in [-0.4, -0.2) is 22.6 Å². The number of ether oxygens (including phenoxy) is 1. The highest BCUT2D eigenvalue weighted by Gasteiger charge is 2.24. The molecule has 6 nitrogen and oxygen atoms in total. The van der Waals surface area contributed by atoms with Gasteiger partial charge in [-0.1, -0.05) is 19.1 Å². The Kier molecular flexibility index (Phi) is 5.41. The zero-order valence-electron chi connectivity index (χ0n) is 16.7. The number of hydrogen-bond acceptors (Lipinski definition) is 5. The molecule has 2 N–H and O–H groups in total. The first-order valence-electron chi connectivity index (χ1n) is 9.91. The monoisotopic (exact) mass is 411 g/mol. The molecule has 1 atom stereocenters. The summed E-state index contributed by atoms with van der Waals surface area (Å²) in [5, 5.41) is 0.736. The summed E-state index contributed by atoms with van der Waals surface area (Å²) >= 11 is 1.65. The van der Waals surface area contributed by atoms with Crippen LogP contribution in [0.5, 0.6) is 5.75 Å². The molecule has 152 valence electrons. The number of methoxy groups -OCH3 is 1. The number of primary amides is 1. The fraction of sp³-hybridized carbons (Fsp3) is 0.409. The highest BCUT2D eigenvalue weighted by Crippen LogP contribution is 2.36. The SMILES string of the molecule is COc1ccc(Cc2nc3sc4c(c3c(=O)n2CCC(N)=O)CCC(C)C4)cc1. The summed E-state index contributed by atoms with van der Waals surface area (Å²) in [6, 6.07) is 7.72. The zero-order chi connectivity index (χ0) is 20.5. The van der Waals surface area contributed by atoms with E-state index in [2.05, 4.69) is 6.92 Å². The van der Waals surface area contributed by atoms with Gasteiger partial charge >= 0.3 is 0 Å². The molecule has 1 aromatic carbocycles. The quantitative estimate of drug-likeness (QED) is 0.675. The van der Waals surface area contributed by atoms with Crippen LogP contribution in [0.25, 0.3) is 10.2 Å². The van der Waals surface area contributed by atoms with Crippen LogP contribution in [-0.2, 0) is 30.6 Å². The van der Waals surface area contributed by atoms with Gasteiger partial charge in [-0.3, -0.25) is 14.2 Å². The van der Waals surface area contributed by atoms with Crippen LogP contribution >= 0.6 is 11.3 Å². The van der Waals surface area contributed by atoms with Crippen molar-refractivity contribution >= 4 is 27.5 Å². The van der Waals surface area contributed by atoms with Crippen molar-refractivity contribution in [1.29, 1.82) is 0 Å². The van der Waals surface area contributed by atoms with E-state index in [1.807, 2.05) is 24.3 Å². The summed E-state index contributed by atoms with van der Waals surface area (Å²) in [7, 11) is 1.63. The van der Waals surface area contributed by atoms with Crippen LogP contribution < -0.4 is 16.0 Å². The number of fused-ring (bicyclic) bond motifs is 3. The Morgan fingerprint density at radius 2 is 2.10 bits per heavy atom. The highest BCUT2D eigenvalue weighted by molar-refractivity contribution is 7.18. The molecule has 3 aromatic rings. The molecule has 2 heterocycles. The molecule has 0 fully saturated rings. The number of benzene rings is 1. The summed E-state index contributed by atoms with van der Waals surface area (Å²) in [6.45, 7) is 2.50. The van der Waals surface area contributed by atoms with E-state index in [0.717, 1.165) is 46.4 Å². The first-order valence-corrected chi connectivity index (χ1v) is 10.7. The van der Waals surface area contributed by atoms with Crippen LogP contribution in [0.15, 0.2) is 29.1 Å². The molecular weight excluding hydrogens is 386 g/mol. The van der Waals surface area contributed by atoms with Crippen molar-refractivity contribution in [3.8, 4) is 5.75 Å². The topological polar surface area (TPSA) is 87.2 Å². The summed E-state index contributed by atoms with van der Waals surface area (Å²) in [5.74, 6) is 1.66. The predicted octanol–water partition coefficient (Wildman–Crippen LogP) is 3.06. The number of aryl methyl sites for hydroxylation is 1. The molecule has 29 heavy (non-hydrogen) atoms. The maximum Gasteiger partial charge on any atom is 0.262 e. The van der Waals surface area contributed by atoms with Gasteiger partial charge in [-0.15, -0.1) is 11.3 Å². The minimum Gasteiger partial charge on any atom is -0.497 e. The Balaban J connectivity index is 1.81. The van der Waals surface area contributed by atoms with Crippen molar-refractivity contribution in [1.82, 2.24) is 9.55 Å². The van der Waals surface area contributed by atoms with Crippen molar-refractivity contribution in [3.63, 3.8) is 0 Å². The highest BCUT2D eigenvalue weighted by atomic mass is 32.1. The molecule has 2 aromatic heterocycles. The number of nitrogens with two attached hydrogens (primary N) is 1. The number of rotatable bonds is 6. The molecule has 1 amide bonds. The molecule has 0 saturated carbocycles. The molecule has 1 aliphatic carbocycles. The van der Waals surface area contributed by atoms with Gasteiger partial charge in [-0.2, -0.15) is 0 Å². The van der Waals surface area contributed by atoms with E-state index >= 15 is 0 Å². The van der Waals surface area contributed by atoms with E-state index < -0.39 is 5.91 Å². The van der Waals surface area contributed by atoms with E-state index in [9.17, 15) is 9.59 Å². The number of hydrogen-bond donors (Lipinski definition) is 1.